The topological polar surface area (TPSA) is 45.2 Å². The van der Waals surface area contributed by atoms with E-state index in [1.54, 1.807) is 0 Å². The van der Waals surface area contributed by atoms with Gasteiger partial charge in [0.2, 0.25) is 0 Å². The maximum atomic E-state index is 10.4. The van der Waals surface area contributed by atoms with Crippen LogP contribution in [0.4, 0.5) is 5.82 Å². The van der Waals surface area contributed by atoms with E-state index in [4.69, 9.17) is 0 Å². The van der Waals surface area contributed by atoms with Gasteiger partial charge >= 0.3 is 0 Å². The number of nitrogens with zero attached hydrogens (tertiary/aromatic N) is 1. The Morgan fingerprint density at radius 1 is 1.05 bits per heavy atom. The van der Waals surface area contributed by atoms with Crippen molar-refractivity contribution in [3.8, 4) is 0 Å². The molecule has 0 fully saturated rings. The molecule has 2 N–H and O–H groups in total. The molecule has 1 atom stereocenters. The van der Waals surface area contributed by atoms with Crippen molar-refractivity contribution in [2.45, 2.75) is 39.3 Å². The lowest BCUT2D eigenvalue weighted by Crippen LogP contribution is -2.26. The Balaban J connectivity index is 2.26. The second kappa shape index (κ2) is 5.63. The third kappa shape index (κ3) is 3.58. The van der Waals surface area contributed by atoms with Crippen molar-refractivity contribution in [3.63, 3.8) is 0 Å². The van der Waals surface area contributed by atoms with Crippen LogP contribution in [0.15, 0.2) is 42.5 Å². The first-order valence-electron chi connectivity index (χ1n) is 6.85. The molecule has 2 rings (SSSR count). The Bertz CT molecular complexity index is 573. The molecule has 0 amide bonds. The number of aromatic nitrogens is 1. The first kappa shape index (κ1) is 14.5. The van der Waals surface area contributed by atoms with E-state index in [1.165, 1.54) is 0 Å². The summed E-state index contributed by atoms with van der Waals surface area (Å²) in [7, 11) is 0. The number of hydrogen-bond acceptors (Lipinski definition) is 3. The number of pyridine rings is 1. The minimum absolute atomic E-state index is 0.0288. The van der Waals surface area contributed by atoms with Crippen LogP contribution in [0.1, 0.15) is 43.7 Å². The van der Waals surface area contributed by atoms with E-state index in [2.05, 4.69) is 31.1 Å². The molecule has 106 valence electrons. The molecule has 20 heavy (non-hydrogen) atoms. The number of anilines is 1. The van der Waals surface area contributed by atoms with Gasteiger partial charge in [-0.1, -0.05) is 36.4 Å². The number of aliphatic hydroxyl groups is 1. The molecule has 0 unspecified atom stereocenters. The maximum absolute atomic E-state index is 10.4. The summed E-state index contributed by atoms with van der Waals surface area (Å²) >= 11 is 0. The summed E-state index contributed by atoms with van der Waals surface area (Å²) in [5.74, 6) is 0.832. The quantitative estimate of drug-likeness (QED) is 0.894. The molecule has 0 aliphatic rings. The molecule has 1 aromatic heterocycles. The normalized spacial score (nSPS) is 13.1. The molecule has 2 aromatic rings. The predicted octanol–water partition coefficient (Wildman–Crippen LogP) is 3.68. The van der Waals surface area contributed by atoms with Gasteiger partial charge in [0.15, 0.2) is 0 Å². The van der Waals surface area contributed by atoms with E-state index in [0.29, 0.717) is 0 Å². The summed E-state index contributed by atoms with van der Waals surface area (Å²) in [4.78, 5) is 4.53. The van der Waals surface area contributed by atoms with E-state index in [0.717, 1.165) is 22.6 Å². The molecule has 0 saturated heterocycles. The minimum Gasteiger partial charge on any atom is -0.384 e. The first-order valence-corrected chi connectivity index (χ1v) is 6.85. The molecule has 0 aliphatic carbocycles. The summed E-state index contributed by atoms with van der Waals surface area (Å²) in [6.07, 6.45) is -0.632. The lowest BCUT2D eigenvalue weighted by atomic mass is 10.0. The van der Waals surface area contributed by atoms with Crippen molar-refractivity contribution in [2.75, 3.05) is 5.32 Å². The van der Waals surface area contributed by atoms with Gasteiger partial charge in [-0.3, -0.25) is 0 Å². The van der Waals surface area contributed by atoms with Crippen LogP contribution in [-0.2, 0) is 0 Å². The Kier molecular flexibility index (Phi) is 4.09. The lowest BCUT2D eigenvalue weighted by Gasteiger charge is -2.22. The van der Waals surface area contributed by atoms with E-state index >= 15 is 0 Å². The standard InChI is InChI=1S/C17H22N2O/c1-12-14(16(20)13-8-6-5-7-9-13)10-11-15(18-12)19-17(2,3)4/h5-11,16,20H,1-4H3,(H,18,19)/t16-/m1/s1. The Morgan fingerprint density at radius 2 is 1.70 bits per heavy atom. The molecule has 0 aliphatic heterocycles. The van der Waals surface area contributed by atoms with Crippen LogP contribution < -0.4 is 5.32 Å². The summed E-state index contributed by atoms with van der Waals surface area (Å²) in [6, 6.07) is 13.5. The highest BCUT2D eigenvalue weighted by Crippen LogP contribution is 2.25. The number of hydrogen-bond donors (Lipinski definition) is 2. The van der Waals surface area contributed by atoms with Crippen molar-refractivity contribution in [1.29, 1.82) is 0 Å². The number of aliphatic hydroxyl groups excluding tert-OH is 1. The SMILES string of the molecule is Cc1nc(NC(C)(C)C)ccc1[C@H](O)c1ccccc1. The minimum atomic E-state index is -0.632. The fourth-order valence-corrected chi connectivity index (χ4v) is 2.13. The number of nitrogens with one attached hydrogen (secondary N) is 1. The molecule has 3 nitrogen and oxygen atoms in total. The third-order valence-electron chi connectivity index (χ3n) is 3.04. The molecular formula is C17H22N2O. The zero-order chi connectivity index (χ0) is 14.8. The summed E-state index contributed by atoms with van der Waals surface area (Å²) < 4.78 is 0. The van der Waals surface area contributed by atoms with Gasteiger partial charge in [-0.25, -0.2) is 4.98 Å². The molecular weight excluding hydrogens is 248 g/mol. The molecule has 0 spiro atoms. The lowest BCUT2D eigenvalue weighted by molar-refractivity contribution is 0.219. The highest BCUT2D eigenvalue weighted by molar-refractivity contribution is 5.42. The van der Waals surface area contributed by atoms with Gasteiger partial charge < -0.3 is 10.4 Å². The highest BCUT2D eigenvalue weighted by atomic mass is 16.3. The fraction of sp³-hybridized carbons (Fsp3) is 0.353. The molecule has 0 radical (unpaired) electrons. The molecule has 0 saturated carbocycles. The Labute approximate surface area is 120 Å². The summed E-state index contributed by atoms with van der Waals surface area (Å²) in [5.41, 5.74) is 2.54. The van der Waals surface area contributed by atoms with E-state index in [-0.39, 0.29) is 5.54 Å². The van der Waals surface area contributed by atoms with Crippen LogP contribution in [0, 0.1) is 6.92 Å². The molecule has 0 bridgehead atoms. The third-order valence-corrected chi connectivity index (χ3v) is 3.04. The number of benzene rings is 1. The number of aryl methyl sites for hydroxylation is 1. The van der Waals surface area contributed by atoms with Crippen molar-refractivity contribution in [2.24, 2.45) is 0 Å². The molecule has 3 heteroatoms. The molecule has 1 heterocycles. The van der Waals surface area contributed by atoms with Gasteiger partial charge in [0.1, 0.15) is 11.9 Å². The Hall–Kier alpha value is -1.87. The van der Waals surface area contributed by atoms with E-state index in [1.807, 2.05) is 49.4 Å². The van der Waals surface area contributed by atoms with Gasteiger partial charge in [-0.05, 0) is 39.3 Å². The van der Waals surface area contributed by atoms with Crippen LogP contribution in [0.3, 0.4) is 0 Å². The van der Waals surface area contributed by atoms with Crippen molar-refractivity contribution < 1.29 is 5.11 Å². The molecule has 1 aromatic carbocycles. The van der Waals surface area contributed by atoms with Gasteiger partial charge in [0.25, 0.3) is 0 Å². The van der Waals surface area contributed by atoms with Crippen molar-refractivity contribution >= 4 is 5.82 Å². The maximum Gasteiger partial charge on any atom is 0.126 e. The van der Waals surface area contributed by atoms with E-state index < -0.39 is 6.10 Å². The second-order valence-corrected chi connectivity index (χ2v) is 6.06. The van der Waals surface area contributed by atoms with Crippen molar-refractivity contribution in [1.82, 2.24) is 4.98 Å². The van der Waals surface area contributed by atoms with Gasteiger partial charge in [-0.15, -0.1) is 0 Å². The van der Waals surface area contributed by atoms with Crippen LogP contribution in [0.5, 0.6) is 0 Å². The van der Waals surface area contributed by atoms with Crippen LogP contribution in [-0.4, -0.2) is 15.6 Å². The average molecular weight is 270 g/mol. The monoisotopic (exact) mass is 270 g/mol. The zero-order valence-corrected chi connectivity index (χ0v) is 12.5. The van der Waals surface area contributed by atoms with Gasteiger partial charge in [0.05, 0.1) is 0 Å². The predicted molar refractivity (Wildman–Crippen MR) is 82.9 cm³/mol. The zero-order valence-electron chi connectivity index (χ0n) is 12.5. The second-order valence-electron chi connectivity index (χ2n) is 6.06. The van der Waals surface area contributed by atoms with Gasteiger partial charge in [-0.2, -0.15) is 0 Å². The van der Waals surface area contributed by atoms with Gasteiger partial charge in [0, 0.05) is 16.8 Å². The number of rotatable bonds is 3. The van der Waals surface area contributed by atoms with Crippen LogP contribution in [0.25, 0.3) is 0 Å². The first-order chi connectivity index (χ1) is 9.37. The van der Waals surface area contributed by atoms with Crippen molar-refractivity contribution in [3.05, 3.63) is 59.3 Å². The van der Waals surface area contributed by atoms with E-state index in [9.17, 15) is 5.11 Å². The highest BCUT2D eigenvalue weighted by Gasteiger charge is 2.15. The summed E-state index contributed by atoms with van der Waals surface area (Å²) in [5, 5.41) is 13.8. The largest absolute Gasteiger partial charge is 0.384 e. The smallest absolute Gasteiger partial charge is 0.126 e. The van der Waals surface area contributed by atoms with Crippen LogP contribution in [0.2, 0.25) is 0 Å². The Morgan fingerprint density at radius 3 is 2.25 bits per heavy atom. The van der Waals surface area contributed by atoms with Crippen LogP contribution >= 0.6 is 0 Å². The summed E-state index contributed by atoms with van der Waals surface area (Å²) in [6.45, 7) is 8.21. The fourth-order valence-electron chi connectivity index (χ4n) is 2.13. The average Bonchev–Trinajstić information content (AvgIpc) is 2.37.